The number of halogens is 2. The van der Waals surface area contributed by atoms with E-state index in [4.69, 9.17) is 11.6 Å². The average Bonchev–Trinajstić information content (AvgIpc) is 2.65. The lowest BCUT2D eigenvalue weighted by Gasteiger charge is -2.18. The van der Waals surface area contributed by atoms with Crippen LogP contribution in [0.5, 0.6) is 0 Å². The molecule has 160 valence electrons. The zero-order valence-corrected chi connectivity index (χ0v) is 17.8. The van der Waals surface area contributed by atoms with E-state index in [1.165, 1.54) is 0 Å². The van der Waals surface area contributed by atoms with Crippen molar-refractivity contribution in [2.75, 3.05) is 5.32 Å². The van der Waals surface area contributed by atoms with Crippen LogP contribution in [0.3, 0.4) is 0 Å². The van der Waals surface area contributed by atoms with Crippen molar-refractivity contribution in [1.29, 1.82) is 0 Å². The molecule has 0 spiro atoms. The summed E-state index contributed by atoms with van der Waals surface area (Å²) in [6, 6.07) is 0.342. The summed E-state index contributed by atoms with van der Waals surface area (Å²) in [7, 11) is 0. The van der Waals surface area contributed by atoms with Gasteiger partial charge in [0.25, 0.3) is 0 Å². The molecule has 30 heavy (non-hydrogen) atoms. The fourth-order valence-electron chi connectivity index (χ4n) is 2.94. The molecule has 0 aromatic carbocycles. The van der Waals surface area contributed by atoms with Gasteiger partial charge in [-0.2, -0.15) is 0 Å². The monoisotopic (exact) mass is 436 g/mol. The van der Waals surface area contributed by atoms with Crippen molar-refractivity contribution in [2.24, 2.45) is 0 Å². The first kappa shape index (κ1) is 23.3. The van der Waals surface area contributed by atoms with E-state index in [9.17, 15) is 24.1 Å². The van der Waals surface area contributed by atoms with Crippen molar-refractivity contribution in [1.82, 2.24) is 9.97 Å². The van der Waals surface area contributed by atoms with Gasteiger partial charge in [0, 0.05) is 17.5 Å². The predicted octanol–water partition coefficient (Wildman–Crippen LogP) is 4.64. The van der Waals surface area contributed by atoms with E-state index < -0.39 is 39.1 Å². The molecule has 2 aromatic heterocycles. The van der Waals surface area contributed by atoms with Crippen LogP contribution in [0, 0.1) is 22.9 Å². The molecular weight excluding hydrogens is 415 g/mol. The van der Waals surface area contributed by atoms with Crippen LogP contribution in [-0.4, -0.2) is 32.5 Å². The van der Waals surface area contributed by atoms with Crippen molar-refractivity contribution >= 4 is 34.7 Å². The number of aromatic nitrogens is 2. The van der Waals surface area contributed by atoms with E-state index in [1.807, 2.05) is 13.8 Å². The van der Waals surface area contributed by atoms with Gasteiger partial charge in [-0.1, -0.05) is 32.4 Å². The van der Waals surface area contributed by atoms with Gasteiger partial charge in [-0.25, -0.2) is 9.37 Å². The Balaban J connectivity index is 2.61. The largest absolute Gasteiger partial charge is 0.338 e. The molecule has 0 aliphatic heterocycles. The molecule has 0 saturated heterocycles. The third-order valence-corrected chi connectivity index (χ3v) is 4.70. The van der Waals surface area contributed by atoms with Crippen LogP contribution in [0.4, 0.5) is 15.9 Å². The zero-order valence-electron chi connectivity index (χ0n) is 17.0. The summed E-state index contributed by atoms with van der Waals surface area (Å²) in [5.41, 5.74) is 1.51. The first-order valence-corrected chi connectivity index (χ1v) is 9.75. The summed E-state index contributed by atoms with van der Waals surface area (Å²) in [5, 5.41) is 13.9. The molecule has 0 amide bonds. The Morgan fingerprint density at radius 3 is 2.60 bits per heavy atom. The highest BCUT2D eigenvalue weighted by Crippen LogP contribution is 2.31. The van der Waals surface area contributed by atoms with Crippen LogP contribution >= 0.6 is 11.6 Å². The van der Waals surface area contributed by atoms with E-state index in [0.717, 1.165) is 11.6 Å². The number of rotatable bonds is 9. The fourth-order valence-corrected chi connectivity index (χ4v) is 3.08. The van der Waals surface area contributed by atoms with Gasteiger partial charge in [0.1, 0.15) is 5.82 Å². The molecule has 2 aromatic rings. The maximum atomic E-state index is 14.1. The summed E-state index contributed by atoms with van der Waals surface area (Å²) in [5.74, 6) is -3.21. The number of anilines is 2. The van der Waals surface area contributed by atoms with Gasteiger partial charge in [0.2, 0.25) is 11.6 Å². The number of hydrogen-bond donors (Lipinski definition) is 1. The van der Waals surface area contributed by atoms with E-state index in [1.54, 1.807) is 26.1 Å². The topological polar surface area (TPSA) is 115 Å². The number of nitrogens with zero attached hydrogens (tertiary/aromatic N) is 3. The summed E-state index contributed by atoms with van der Waals surface area (Å²) >= 11 is 5.80. The number of carbonyl (C=O) groups is 2. The molecule has 0 bridgehead atoms. The molecule has 1 N–H and O–H groups in total. The minimum Gasteiger partial charge on any atom is -0.338 e. The minimum atomic E-state index is -2.15. The molecule has 0 saturated carbocycles. The van der Waals surface area contributed by atoms with Crippen LogP contribution in [0.15, 0.2) is 18.3 Å². The number of aryl methyl sites for hydroxylation is 1. The fraction of sp³-hybridized carbons (Fsp3) is 0.400. The Hall–Kier alpha value is -2.94. The normalized spacial score (nSPS) is 12.0. The van der Waals surface area contributed by atoms with Crippen LogP contribution in [0.25, 0.3) is 0 Å². The molecular formula is C20H22ClFN4O4. The summed E-state index contributed by atoms with van der Waals surface area (Å²) in [4.78, 5) is 43.8. The number of nitro groups is 1. The molecule has 2 heterocycles. The molecule has 0 fully saturated rings. The number of hydrogen-bond acceptors (Lipinski definition) is 7. The van der Waals surface area contributed by atoms with E-state index in [2.05, 4.69) is 15.3 Å². The molecule has 0 aliphatic rings. The Bertz CT molecular complexity index is 997. The van der Waals surface area contributed by atoms with E-state index in [-0.39, 0.29) is 18.2 Å². The first-order chi connectivity index (χ1) is 14.1. The van der Waals surface area contributed by atoms with Crippen molar-refractivity contribution < 1.29 is 18.9 Å². The third-order valence-electron chi connectivity index (χ3n) is 4.44. The molecule has 1 atom stereocenters. The Morgan fingerprint density at radius 1 is 1.37 bits per heavy atom. The van der Waals surface area contributed by atoms with Gasteiger partial charge >= 0.3 is 6.04 Å². The quantitative estimate of drug-likeness (QED) is 0.200. The van der Waals surface area contributed by atoms with Crippen molar-refractivity contribution in [3.63, 3.8) is 0 Å². The van der Waals surface area contributed by atoms with Gasteiger partial charge < -0.3 is 5.32 Å². The Kier molecular flexibility index (Phi) is 7.55. The number of Topliss-reactive ketones (excluding diaryl/α,β-unsaturated/α-hetero) is 2. The second-order valence-corrected chi connectivity index (χ2v) is 7.45. The van der Waals surface area contributed by atoms with Crippen molar-refractivity contribution in [3.8, 4) is 0 Å². The van der Waals surface area contributed by atoms with Crippen LogP contribution in [0.2, 0.25) is 5.15 Å². The van der Waals surface area contributed by atoms with Gasteiger partial charge in [-0.05, 0) is 37.0 Å². The smallest absolute Gasteiger partial charge is 0.332 e. The van der Waals surface area contributed by atoms with E-state index >= 15 is 0 Å². The second-order valence-electron chi connectivity index (χ2n) is 7.09. The molecule has 8 nitrogen and oxygen atoms in total. The van der Waals surface area contributed by atoms with Gasteiger partial charge in [0.05, 0.1) is 16.9 Å². The highest BCUT2D eigenvalue weighted by Gasteiger charge is 2.39. The van der Waals surface area contributed by atoms with Crippen molar-refractivity contribution in [2.45, 2.75) is 52.5 Å². The SMILES string of the molecule is CCCC(=O)C(C(=O)c1cc(F)c(Cl)nc1Nc1c(C)ccnc1C(C)C)[N+](=O)[O-]. The predicted molar refractivity (Wildman–Crippen MR) is 111 cm³/mol. The lowest BCUT2D eigenvalue weighted by Crippen LogP contribution is -2.38. The molecule has 2 rings (SSSR count). The Morgan fingerprint density at radius 2 is 2.03 bits per heavy atom. The lowest BCUT2D eigenvalue weighted by atomic mass is 9.98. The highest BCUT2D eigenvalue weighted by atomic mass is 35.5. The third kappa shape index (κ3) is 4.96. The molecule has 0 aliphatic carbocycles. The summed E-state index contributed by atoms with van der Waals surface area (Å²) in [6.07, 6.45) is 1.81. The maximum Gasteiger partial charge on any atom is 0.332 e. The standard InChI is InChI=1S/C20H22ClFN4O4/c1-5-6-14(27)17(26(29)30)18(28)12-9-13(22)19(21)25-20(12)24-16-11(4)7-8-23-15(16)10(2)3/h7-10,17H,5-6H2,1-4H3,(H,24,25). The first-order valence-electron chi connectivity index (χ1n) is 9.37. The molecule has 0 radical (unpaired) electrons. The molecule has 10 heteroatoms. The van der Waals surface area contributed by atoms with Crippen molar-refractivity contribution in [3.05, 3.63) is 56.2 Å². The number of pyridine rings is 2. The minimum absolute atomic E-state index is 0.000118. The van der Waals surface area contributed by atoms with Crippen LogP contribution in [-0.2, 0) is 4.79 Å². The number of carbonyl (C=O) groups excluding carboxylic acids is 2. The van der Waals surface area contributed by atoms with Crippen LogP contribution < -0.4 is 5.32 Å². The Labute approximate surface area is 178 Å². The summed E-state index contributed by atoms with van der Waals surface area (Å²) in [6.45, 7) is 7.29. The number of nitrogens with one attached hydrogen (secondary N) is 1. The highest BCUT2D eigenvalue weighted by molar-refractivity contribution is 6.30. The average molecular weight is 437 g/mol. The maximum absolute atomic E-state index is 14.1. The van der Waals surface area contributed by atoms with Gasteiger partial charge in [0.15, 0.2) is 11.0 Å². The van der Waals surface area contributed by atoms with Gasteiger partial charge in [-0.3, -0.25) is 24.7 Å². The molecule has 1 unspecified atom stereocenters. The summed E-state index contributed by atoms with van der Waals surface area (Å²) < 4.78 is 14.1. The second kappa shape index (κ2) is 9.71. The lowest BCUT2D eigenvalue weighted by molar-refractivity contribution is -0.491. The zero-order chi connectivity index (χ0) is 22.6. The van der Waals surface area contributed by atoms with E-state index in [0.29, 0.717) is 17.8 Å². The van der Waals surface area contributed by atoms with Gasteiger partial charge in [-0.15, -0.1) is 0 Å². The van der Waals surface area contributed by atoms with Crippen LogP contribution in [0.1, 0.15) is 61.1 Å². The number of ketones is 2.